The quantitative estimate of drug-likeness (QED) is 0.830. The third-order valence-corrected chi connectivity index (χ3v) is 6.62. The molecule has 0 bridgehead atoms. The van der Waals surface area contributed by atoms with Crippen LogP contribution in [0.2, 0.25) is 0 Å². The van der Waals surface area contributed by atoms with Gasteiger partial charge in [0.25, 0.3) is 5.56 Å². The number of aromatic nitrogens is 2. The van der Waals surface area contributed by atoms with Crippen molar-refractivity contribution in [1.82, 2.24) is 19.8 Å². The van der Waals surface area contributed by atoms with E-state index in [2.05, 4.69) is 31.0 Å². The van der Waals surface area contributed by atoms with E-state index in [1.54, 1.807) is 11.3 Å². The monoisotopic (exact) mass is 404 g/mol. The predicted molar refractivity (Wildman–Crippen MR) is 115 cm³/mol. The first-order valence-electron chi connectivity index (χ1n) is 10.2. The first-order valence-corrected chi connectivity index (χ1v) is 11.0. The highest BCUT2D eigenvalue weighted by Crippen LogP contribution is 2.30. The van der Waals surface area contributed by atoms with Crippen LogP contribution in [-0.4, -0.2) is 46.0 Å². The molecule has 1 N–H and O–H groups in total. The summed E-state index contributed by atoms with van der Waals surface area (Å²) in [4.78, 5) is 34.6. The SMILES string of the molecule is Cc1sc2nc(C(C)C)n(C3CCN(CC(=O)NC(C)C)CC3)c(=O)c2c1C. The Morgan fingerprint density at radius 2 is 1.86 bits per heavy atom. The molecule has 0 radical (unpaired) electrons. The standard InChI is InChI=1S/C21H32N4O2S/c1-12(2)19-23-20-18(14(5)15(6)28-20)21(27)25(19)16-7-9-24(10-8-16)11-17(26)22-13(3)4/h12-13,16H,7-11H2,1-6H3,(H,22,26). The van der Waals surface area contributed by atoms with Crippen molar-refractivity contribution >= 4 is 27.5 Å². The molecule has 1 fully saturated rings. The largest absolute Gasteiger partial charge is 0.353 e. The van der Waals surface area contributed by atoms with E-state index in [4.69, 9.17) is 4.98 Å². The van der Waals surface area contributed by atoms with Gasteiger partial charge in [0.2, 0.25) is 5.91 Å². The fourth-order valence-electron chi connectivity index (χ4n) is 3.99. The Bertz CT molecular complexity index is 921. The molecule has 0 aliphatic carbocycles. The van der Waals surface area contributed by atoms with Crippen molar-refractivity contribution in [3.8, 4) is 0 Å². The van der Waals surface area contributed by atoms with Crippen LogP contribution in [0, 0.1) is 13.8 Å². The van der Waals surface area contributed by atoms with Crippen molar-refractivity contribution in [3.05, 3.63) is 26.6 Å². The molecule has 1 saturated heterocycles. The summed E-state index contributed by atoms with van der Waals surface area (Å²) in [6.07, 6.45) is 1.73. The van der Waals surface area contributed by atoms with Crippen molar-refractivity contribution < 1.29 is 4.79 Å². The van der Waals surface area contributed by atoms with Gasteiger partial charge in [-0.25, -0.2) is 4.98 Å². The van der Waals surface area contributed by atoms with E-state index in [9.17, 15) is 9.59 Å². The van der Waals surface area contributed by atoms with Gasteiger partial charge in [0.15, 0.2) is 0 Å². The fraction of sp³-hybridized carbons (Fsp3) is 0.667. The number of fused-ring (bicyclic) bond motifs is 1. The molecule has 2 aromatic rings. The van der Waals surface area contributed by atoms with E-state index >= 15 is 0 Å². The van der Waals surface area contributed by atoms with Crippen LogP contribution in [0.15, 0.2) is 4.79 Å². The van der Waals surface area contributed by atoms with Crippen molar-refractivity contribution in [2.45, 2.75) is 72.4 Å². The molecule has 0 aromatic carbocycles. The molecule has 2 aromatic heterocycles. The minimum Gasteiger partial charge on any atom is -0.353 e. The van der Waals surface area contributed by atoms with Crippen LogP contribution in [0.25, 0.3) is 10.2 Å². The van der Waals surface area contributed by atoms with Crippen LogP contribution in [0.4, 0.5) is 0 Å². The lowest BCUT2D eigenvalue weighted by molar-refractivity contribution is -0.123. The Hall–Kier alpha value is -1.73. The third-order valence-electron chi connectivity index (χ3n) is 5.52. The summed E-state index contributed by atoms with van der Waals surface area (Å²) in [5, 5.41) is 3.73. The summed E-state index contributed by atoms with van der Waals surface area (Å²) in [6.45, 7) is 14.3. The van der Waals surface area contributed by atoms with Crippen LogP contribution in [0.5, 0.6) is 0 Å². The van der Waals surface area contributed by atoms with Gasteiger partial charge >= 0.3 is 0 Å². The molecular formula is C21H32N4O2S. The molecule has 1 aliphatic heterocycles. The molecule has 7 heteroatoms. The van der Waals surface area contributed by atoms with E-state index in [1.807, 2.05) is 25.3 Å². The second-order valence-electron chi connectivity index (χ2n) is 8.49. The number of amides is 1. The number of carbonyl (C=O) groups excluding carboxylic acids is 1. The van der Waals surface area contributed by atoms with Crippen molar-refractivity contribution in [2.75, 3.05) is 19.6 Å². The van der Waals surface area contributed by atoms with Crippen molar-refractivity contribution in [3.63, 3.8) is 0 Å². The van der Waals surface area contributed by atoms with Crippen LogP contribution < -0.4 is 10.9 Å². The Kier molecular flexibility index (Phi) is 6.25. The topological polar surface area (TPSA) is 67.2 Å². The highest BCUT2D eigenvalue weighted by atomic mass is 32.1. The lowest BCUT2D eigenvalue weighted by Crippen LogP contribution is -2.44. The van der Waals surface area contributed by atoms with Crippen LogP contribution >= 0.6 is 11.3 Å². The van der Waals surface area contributed by atoms with E-state index in [1.165, 1.54) is 0 Å². The Morgan fingerprint density at radius 1 is 1.21 bits per heavy atom. The predicted octanol–water partition coefficient (Wildman–Crippen LogP) is 3.36. The highest BCUT2D eigenvalue weighted by Gasteiger charge is 2.27. The minimum absolute atomic E-state index is 0.0703. The minimum atomic E-state index is 0.0703. The molecule has 28 heavy (non-hydrogen) atoms. The van der Waals surface area contributed by atoms with Crippen LogP contribution in [-0.2, 0) is 4.79 Å². The van der Waals surface area contributed by atoms with Crippen LogP contribution in [0.3, 0.4) is 0 Å². The molecule has 0 unspecified atom stereocenters. The average molecular weight is 405 g/mol. The van der Waals surface area contributed by atoms with Gasteiger partial charge in [0.05, 0.1) is 11.9 Å². The molecule has 3 rings (SSSR count). The first kappa shape index (κ1) is 21.0. The zero-order valence-electron chi connectivity index (χ0n) is 17.8. The normalized spacial score (nSPS) is 16.4. The maximum absolute atomic E-state index is 13.4. The van der Waals surface area contributed by atoms with E-state index in [0.29, 0.717) is 6.54 Å². The molecule has 154 valence electrons. The van der Waals surface area contributed by atoms with E-state index in [-0.39, 0.29) is 29.5 Å². The molecule has 3 heterocycles. The number of hydrogen-bond donors (Lipinski definition) is 1. The maximum atomic E-state index is 13.4. The van der Waals surface area contributed by atoms with Gasteiger partial charge in [-0.2, -0.15) is 0 Å². The molecule has 1 amide bonds. The van der Waals surface area contributed by atoms with Gasteiger partial charge in [0, 0.05) is 36.0 Å². The molecule has 1 aliphatic rings. The number of likely N-dealkylation sites (tertiary alicyclic amines) is 1. The zero-order valence-corrected chi connectivity index (χ0v) is 18.7. The fourth-order valence-corrected chi connectivity index (χ4v) is 5.02. The number of carbonyl (C=O) groups is 1. The number of nitrogens with zero attached hydrogens (tertiary/aromatic N) is 3. The Balaban J connectivity index is 1.85. The summed E-state index contributed by atoms with van der Waals surface area (Å²) >= 11 is 1.61. The average Bonchev–Trinajstić information content (AvgIpc) is 2.89. The van der Waals surface area contributed by atoms with Gasteiger partial charge in [0.1, 0.15) is 10.7 Å². The molecule has 6 nitrogen and oxygen atoms in total. The van der Waals surface area contributed by atoms with Gasteiger partial charge < -0.3 is 5.32 Å². The second-order valence-corrected chi connectivity index (χ2v) is 9.70. The molecule has 0 spiro atoms. The zero-order chi connectivity index (χ0) is 20.6. The van der Waals surface area contributed by atoms with Gasteiger partial charge in [-0.05, 0) is 46.1 Å². The number of thiophene rings is 1. The van der Waals surface area contributed by atoms with E-state index < -0.39 is 0 Å². The van der Waals surface area contributed by atoms with Crippen LogP contribution in [0.1, 0.15) is 68.8 Å². The summed E-state index contributed by atoms with van der Waals surface area (Å²) in [5.74, 6) is 1.14. The number of hydrogen-bond acceptors (Lipinski definition) is 5. The number of rotatable bonds is 5. The first-order chi connectivity index (χ1) is 13.2. The van der Waals surface area contributed by atoms with E-state index in [0.717, 1.165) is 52.4 Å². The second kappa shape index (κ2) is 8.33. The Morgan fingerprint density at radius 3 is 2.43 bits per heavy atom. The summed E-state index contributed by atoms with van der Waals surface area (Å²) in [6, 6.07) is 0.304. The number of nitrogens with one attached hydrogen (secondary N) is 1. The van der Waals surface area contributed by atoms with Crippen molar-refractivity contribution in [1.29, 1.82) is 0 Å². The maximum Gasteiger partial charge on any atom is 0.262 e. The lowest BCUT2D eigenvalue weighted by Gasteiger charge is -2.33. The molecular weight excluding hydrogens is 372 g/mol. The molecule has 0 saturated carbocycles. The number of aryl methyl sites for hydroxylation is 2. The smallest absolute Gasteiger partial charge is 0.262 e. The van der Waals surface area contributed by atoms with Gasteiger partial charge in [-0.1, -0.05) is 13.8 Å². The lowest BCUT2D eigenvalue weighted by atomic mass is 10.0. The highest BCUT2D eigenvalue weighted by molar-refractivity contribution is 7.18. The molecule has 0 atom stereocenters. The number of piperidine rings is 1. The van der Waals surface area contributed by atoms with Crippen molar-refractivity contribution in [2.24, 2.45) is 0 Å². The summed E-state index contributed by atoms with van der Waals surface area (Å²) in [5.41, 5.74) is 1.16. The van der Waals surface area contributed by atoms with Gasteiger partial charge in [-0.3, -0.25) is 19.1 Å². The summed E-state index contributed by atoms with van der Waals surface area (Å²) in [7, 11) is 0. The van der Waals surface area contributed by atoms with Gasteiger partial charge in [-0.15, -0.1) is 11.3 Å². The third kappa shape index (κ3) is 4.15. The summed E-state index contributed by atoms with van der Waals surface area (Å²) < 4.78 is 1.96. The Labute approximate surface area is 171 Å².